The molecule has 2 aliphatic rings. The van der Waals surface area contributed by atoms with E-state index in [0.717, 1.165) is 42.0 Å². The fourth-order valence-electron chi connectivity index (χ4n) is 4.82. The molecule has 0 radical (unpaired) electrons. The van der Waals surface area contributed by atoms with Crippen LogP contribution in [0.15, 0.2) is 42.5 Å². The average molecular weight is 433 g/mol. The minimum atomic E-state index is 0.0212. The normalized spacial score (nSPS) is 15.4. The lowest BCUT2D eigenvalue weighted by molar-refractivity contribution is 0.0621. The lowest BCUT2D eigenvalue weighted by Gasteiger charge is -2.34. The molecule has 2 aromatic carbocycles. The Morgan fingerprint density at radius 2 is 1.69 bits per heavy atom. The van der Waals surface area contributed by atoms with E-state index < -0.39 is 0 Å². The second-order valence-corrected chi connectivity index (χ2v) is 8.39. The van der Waals surface area contributed by atoms with Crippen molar-refractivity contribution < 1.29 is 14.3 Å². The van der Waals surface area contributed by atoms with Crippen molar-refractivity contribution in [3.63, 3.8) is 0 Å². The van der Waals surface area contributed by atoms with E-state index in [9.17, 15) is 4.79 Å². The van der Waals surface area contributed by atoms with Gasteiger partial charge in [0.1, 0.15) is 0 Å². The topological polar surface area (TPSA) is 59.8 Å². The maximum Gasteiger partial charge on any atom is 0.274 e. The van der Waals surface area contributed by atoms with Crippen molar-refractivity contribution in [3.8, 4) is 22.8 Å². The van der Waals surface area contributed by atoms with Crippen molar-refractivity contribution in [2.75, 3.05) is 40.4 Å². The van der Waals surface area contributed by atoms with Crippen LogP contribution in [0.5, 0.6) is 11.5 Å². The Hall–Kier alpha value is -3.32. The Morgan fingerprint density at radius 1 is 1.00 bits per heavy atom. The largest absolute Gasteiger partial charge is 0.493 e. The molecule has 1 aromatic heterocycles. The van der Waals surface area contributed by atoms with Gasteiger partial charge in [-0.15, -0.1) is 0 Å². The predicted octanol–water partition coefficient (Wildman–Crippen LogP) is 2.97. The highest BCUT2D eigenvalue weighted by Gasteiger charge is 2.33. The second-order valence-electron chi connectivity index (χ2n) is 8.39. The predicted molar refractivity (Wildman–Crippen MR) is 122 cm³/mol. The molecule has 0 atom stereocenters. The molecule has 0 spiro atoms. The molecule has 32 heavy (non-hydrogen) atoms. The van der Waals surface area contributed by atoms with Crippen LogP contribution in [-0.2, 0) is 20.0 Å². The number of carbonyl (C=O) groups is 1. The molecule has 2 heterocycles. The quantitative estimate of drug-likeness (QED) is 0.485. The van der Waals surface area contributed by atoms with Crippen LogP contribution in [0.4, 0.5) is 0 Å². The van der Waals surface area contributed by atoms with Gasteiger partial charge in [-0.3, -0.25) is 14.4 Å². The summed E-state index contributed by atoms with van der Waals surface area (Å²) in [4.78, 5) is 17.8. The average Bonchev–Trinajstić information content (AvgIpc) is 3.35. The molecular weight excluding hydrogens is 404 g/mol. The molecule has 1 amide bonds. The van der Waals surface area contributed by atoms with Gasteiger partial charge in [-0.2, -0.15) is 5.10 Å². The SMILES string of the molecule is COc1cc2c(cc1OC)-c1c(c(C(=O)N3CCN(Cc4ccccc4)CC3)nn1C)C2. The van der Waals surface area contributed by atoms with E-state index in [0.29, 0.717) is 36.7 Å². The van der Waals surface area contributed by atoms with Gasteiger partial charge < -0.3 is 14.4 Å². The highest BCUT2D eigenvalue weighted by atomic mass is 16.5. The first-order valence-corrected chi connectivity index (χ1v) is 11.0. The first kappa shape index (κ1) is 20.6. The Bertz CT molecular complexity index is 1150. The number of aryl methyl sites for hydroxylation is 1. The molecule has 1 aliphatic heterocycles. The minimum Gasteiger partial charge on any atom is -0.493 e. The van der Waals surface area contributed by atoms with Gasteiger partial charge in [0.05, 0.1) is 19.9 Å². The highest BCUT2D eigenvalue weighted by molar-refractivity contribution is 5.97. The van der Waals surface area contributed by atoms with Gasteiger partial charge in [0, 0.05) is 57.3 Å². The Labute approximate surface area is 188 Å². The number of methoxy groups -OCH3 is 2. The number of nitrogens with zero attached hydrogens (tertiary/aromatic N) is 4. The van der Waals surface area contributed by atoms with Crippen molar-refractivity contribution in [3.05, 3.63) is 64.8 Å². The van der Waals surface area contributed by atoms with Crippen LogP contribution in [0.3, 0.4) is 0 Å². The van der Waals surface area contributed by atoms with Crippen LogP contribution >= 0.6 is 0 Å². The van der Waals surface area contributed by atoms with Gasteiger partial charge in [-0.25, -0.2) is 0 Å². The monoisotopic (exact) mass is 432 g/mol. The molecule has 0 bridgehead atoms. The molecule has 0 N–H and O–H groups in total. The van der Waals surface area contributed by atoms with E-state index in [1.807, 2.05) is 34.8 Å². The molecule has 5 rings (SSSR count). The fraction of sp³-hybridized carbons (Fsp3) is 0.360. The van der Waals surface area contributed by atoms with E-state index in [2.05, 4.69) is 34.3 Å². The number of benzene rings is 2. The van der Waals surface area contributed by atoms with Gasteiger partial charge >= 0.3 is 0 Å². The summed E-state index contributed by atoms with van der Waals surface area (Å²) in [5, 5.41) is 4.63. The summed E-state index contributed by atoms with van der Waals surface area (Å²) >= 11 is 0. The first-order valence-electron chi connectivity index (χ1n) is 11.0. The molecule has 3 aromatic rings. The zero-order valence-corrected chi connectivity index (χ0v) is 18.8. The van der Waals surface area contributed by atoms with Gasteiger partial charge in [-0.1, -0.05) is 30.3 Å². The zero-order chi connectivity index (χ0) is 22.2. The Morgan fingerprint density at radius 3 is 2.38 bits per heavy atom. The summed E-state index contributed by atoms with van der Waals surface area (Å²) in [6.07, 6.45) is 0.675. The summed E-state index contributed by atoms with van der Waals surface area (Å²) in [6, 6.07) is 14.5. The third-order valence-corrected chi connectivity index (χ3v) is 6.49. The number of ether oxygens (including phenoxy) is 2. The molecule has 7 heteroatoms. The molecular formula is C25H28N4O3. The standard InChI is InChI=1S/C25H28N4O3/c1-27-24-19-15-22(32-3)21(31-2)14-18(19)13-20(24)23(26-27)25(30)29-11-9-28(10-12-29)16-17-7-5-4-6-8-17/h4-8,14-15H,9-13,16H2,1-3H3. The Balaban J connectivity index is 1.33. The maximum absolute atomic E-state index is 13.4. The number of piperazine rings is 1. The van der Waals surface area contributed by atoms with E-state index in [4.69, 9.17) is 9.47 Å². The third-order valence-electron chi connectivity index (χ3n) is 6.49. The Kier molecular flexibility index (Phi) is 5.35. The fourth-order valence-corrected chi connectivity index (χ4v) is 4.82. The van der Waals surface area contributed by atoms with Crippen LogP contribution in [0.25, 0.3) is 11.3 Å². The van der Waals surface area contributed by atoms with Crippen molar-refractivity contribution >= 4 is 5.91 Å². The number of aromatic nitrogens is 2. The zero-order valence-electron chi connectivity index (χ0n) is 18.8. The molecule has 0 saturated carbocycles. The van der Waals surface area contributed by atoms with Crippen molar-refractivity contribution in [2.45, 2.75) is 13.0 Å². The van der Waals surface area contributed by atoms with Crippen molar-refractivity contribution in [1.82, 2.24) is 19.6 Å². The smallest absolute Gasteiger partial charge is 0.274 e. The number of amides is 1. The number of rotatable bonds is 5. The third kappa shape index (κ3) is 3.52. The lowest BCUT2D eigenvalue weighted by atomic mass is 10.1. The van der Waals surface area contributed by atoms with Gasteiger partial charge in [0.15, 0.2) is 17.2 Å². The van der Waals surface area contributed by atoms with Crippen LogP contribution < -0.4 is 9.47 Å². The molecule has 1 aliphatic carbocycles. The molecule has 7 nitrogen and oxygen atoms in total. The van der Waals surface area contributed by atoms with E-state index in [1.165, 1.54) is 5.56 Å². The van der Waals surface area contributed by atoms with Gasteiger partial charge in [0.25, 0.3) is 5.91 Å². The van der Waals surface area contributed by atoms with Crippen molar-refractivity contribution in [1.29, 1.82) is 0 Å². The van der Waals surface area contributed by atoms with E-state index in [1.54, 1.807) is 14.2 Å². The van der Waals surface area contributed by atoms with Crippen LogP contribution in [0.1, 0.15) is 27.2 Å². The van der Waals surface area contributed by atoms with E-state index in [-0.39, 0.29) is 5.91 Å². The number of hydrogen-bond donors (Lipinski definition) is 0. The maximum atomic E-state index is 13.4. The lowest BCUT2D eigenvalue weighted by Crippen LogP contribution is -2.48. The van der Waals surface area contributed by atoms with Crippen molar-refractivity contribution in [2.24, 2.45) is 7.05 Å². The summed E-state index contributed by atoms with van der Waals surface area (Å²) < 4.78 is 12.8. The van der Waals surface area contributed by atoms with Crippen LogP contribution in [-0.4, -0.2) is 65.9 Å². The number of carbonyl (C=O) groups excluding carboxylic acids is 1. The summed E-state index contributed by atoms with van der Waals surface area (Å²) in [5.41, 5.74) is 6.04. The summed E-state index contributed by atoms with van der Waals surface area (Å²) in [6.45, 7) is 4.08. The molecule has 166 valence electrons. The summed E-state index contributed by atoms with van der Waals surface area (Å²) in [7, 11) is 5.18. The summed E-state index contributed by atoms with van der Waals surface area (Å²) in [5.74, 6) is 1.41. The van der Waals surface area contributed by atoms with Gasteiger partial charge in [-0.05, 0) is 23.3 Å². The molecule has 1 saturated heterocycles. The van der Waals surface area contributed by atoms with E-state index >= 15 is 0 Å². The minimum absolute atomic E-state index is 0.0212. The van der Waals surface area contributed by atoms with Gasteiger partial charge in [0.2, 0.25) is 0 Å². The van der Waals surface area contributed by atoms with Crippen LogP contribution in [0, 0.1) is 0 Å². The number of fused-ring (bicyclic) bond motifs is 3. The first-order chi connectivity index (χ1) is 15.6. The van der Waals surface area contributed by atoms with Crippen LogP contribution in [0.2, 0.25) is 0 Å². The highest BCUT2D eigenvalue weighted by Crippen LogP contribution is 2.43. The number of hydrogen-bond acceptors (Lipinski definition) is 5. The second kappa shape index (κ2) is 8.31. The molecule has 1 fully saturated rings. The molecule has 0 unspecified atom stereocenters.